The molecule has 0 atom stereocenters. The molecule has 0 spiro atoms. The predicted octanol–water partition coefficient (Wildman–Crippen LogP) is 3.87. The fraction of sp³-hybridized carbons (Fsp3) is 0.591. The van der Waals surface area contributed by atoms with Gasteiger partial charge in [0.25, 0.3) is 0 Å². The lowest BCUT2D eigenvalue weighted by atomic mass is 9.93. The van der Waals surface area contributed by atoms with Crippen molar-refractivity contribution in [1.29, 1.82) is 0 Å². The number of sulfone groups is 1. The van der Waals surface area contributed by atoms with Crippen LogP contribution in [0.4, 0.5) is 0 Å². The number of allylic oxidation sites excluding steroid dienone is 1. The lowest BCUT2D eigenvalue weighted by Crippen LogP contribution is -2.16. The Balaban J connectivity index is 1.72. The van der Waals surface area contributed by atoms with Crippen molar-refractivity contribution in [3.63, 3.8) is 0 Å². The van der Waals surface area contributed by atoms with Crippen LogP contribution < -0.4 is 0 Å². The SMILES string of the molecule is CCOC(=O)/C(=C\C1CCOCC1)c1ccc(S(=O)(=O)C2CC2)c(C2CC2)c1. The van der Waals surface area contributed by atoms with E-state index in [0.29, 0.717) is 30.3 Å². The first-order valence-electron chi connectivity index (χ1n) is 10.4. The van der Waals surface area contributed by atoms with Crippen molar-refractivity contribution >= 4 is 21.4 Å². The van der Waals surface area contributed by atoms with Crippen LogP contribution in [0.15, 0.2) is 29.2 Å². The Bertz CT molecular complexity index is 872. The van der Waals surface area contributed by atoms with Crippen LogP contribution in [0.5, 0.6) is 0 Å². The summed E-state index contributed by atoms with van der Waals surface area (Å²) in [7, 11) is -3.25. The van der Waals surface area contributed by atoms with Crippen molar-refractivity contribution in [3.8, 4) is 0 Å². The fourth-order valence-corrected chi connectivity index (χ4v) is 5.78. The Kier molecular flexibility index (Phi) is 5.61. The minimum Gasteiger partial charge on any atom is -0.462 e. The minimum atomic E-state index is -3.25. The van der Waals surface area contributed by atoms with E-state index in [1.165, 1.54) is 0 Å². The molecular weight excluding hydrogens is 376 g/mol. The first-order valence-corrected chi connectivity index (χ1v) is 11.9. The molecule has 2 aliphatic carbocycles. The maximum Gasteiger partial charge on any atom is 0.338 e. The molecule has 1 aliphatic heterocycles. The third kappa shape index (κ3) is 4.18. The van der Waals surface area contributed by atoms with Crippen molar-refractivity contribution in [3.05, 3.63) is 35.4 Å². The summed E-state index contributed by atoms with van der Waals surface area (Å²) in [5.41, 5.74) is 2.19. The highest BCUT2D eigenvalue weighted by atomic mass is 32.2. The highest BCUT2D eigenvalue weighted by Crippen LogP contribution is 2.46. The quantitative estimate of drug-likeness (QED) is 0.510. The first-order chi connectivity index (χ1) is 13.5. The van der Waals surface area contributed by atoms with E-state index >= 15 is 0 Å². The van der Waals surface area contributed by atoms with Crippen LogP contribution >= 0.6 is 0 Å². The number of hydrogen-bond donors (Lipinski definition) is 0. The Morgan fingerprint density at radius 1 is 1.14 bits per heavy atom. The fourth-order valence-electron chi connectivity index (χ4n) is 3.86. The molecule has 0 bridgehead atoms. The molecule has 1 saturated heterocycles. The molecule has 1 aromatic rings. The number of carbonyl (C=O) groups is 1. The van der Waals surface area contributed by atoms with Gasteiger partial charge in [-0.15, -0.1) is 0 Å². The zero-order valence-corrected chi connectivity index (χ0v) is 17.2. The Morgan fingerprint density at radius 2 is 1.86 bits per heavy atom. The average molecular weight is 405 g/mol. The smallest absolute Gasteiger partial charge is 0.338 e. The van der Waals surface area contributed by atoms with E-state index in [2.05, 4.69) is 0 Å². The van der Waals surface area contributed by atoms with Crippen LogP contribution in [0.2, 0.25) is 0 Å². The van der Waals surface area contributed by atoms with E-state index in [4.69, 9.17) is 9.47 Å². The largest absolute Gasteiger partial charge is 0.462 e. The van der Waals surface area contributed by atoms with Crippen LogP contribution in [-0.2, 0) is 24.1 Å². The van der Waals surface area contributed by atoms with E-state index in [9.17, 15) is 13.2 Å². The molecule has 28 heavy (non-hydrogen) atoms. The third-order valence-electron chi connectivity index (χ3n) is 5.77. The normalized spacial score (nSPS) is 21.5. The van der Waals surface area contributed by atoms with E-state index < -0.39 is 9.84 Å². The molecule has 0 N–H and O–H groups in total. The topological polar surface area (TPSA) is 69.7 Å². The van der Waals surface area contributed by atoms with Crippen LogP contribution in [-0.4, -0.2) is 39.5 Å². The summed E-state index contributed by atoms with van der Waals surface area (Å²) >= 11 is 0. The third-order valence-corrected chi connectivity index (χ3v) is 8.11. The standard InChI is InChI=1S/C22H28O5S/c1-2-27-22(23)20(13-15-9-11-26-12-10-15)17-5-8-21(19(14-17)16-3-4-16)28(24,25)18-6-7-18/h5,8,13-16,18H,2-4,6-7,9-12H2,1H3/b20-13-. The van der Waals surface area contributed by atoms with E-state index in [0.717, 1.165) is 49.7 Å². The van der Waals surface area contributed by atoms with Gasteiger partial charge in [-0.3, -0.25) is 0 Å². The molecule has 3 fully saturated rings. The minimum absolute atomic E-state index is 0.224. The summed E-state index contributed by atoms with van der Waals surface area (Å²) in [5.74, 6) is 0.218. The summed E-state index contributed by atoms with van der Waals surface area (Å²) in [6.07, 6.45) is 7.29. The van der Waals surface area contributed by atoms with Crippen molar-refractivity contribution in [2.45, 2.75) is 61.5 Å². The van der Waals surface area contributed by atoms with E-state index in [-0.39, 0.29) is 23.1 Å². The molecule has 152 valence electrons. The molecule has 1 heterocycles. The van der Waals surface area contributed by atoms with Gasteiger partial charge in [-0.1, -0.05) is 12.1 Å². The number of esters is 1. The Morgan fingerprint density at radius 3 is 2.46 bits per heavy atom. The molecule has 0 aromatic heterocycles. The monoisotopic (exact) mass is 404 g/mol. The van der Waals surface area contributed by atoms with Crippen molar-refractivity contribution < 1.29 is 22.7 Å². The maximum atomic E-state index is 12.9. The van der Waals surface area contributed by atoms with Crippen molar-refractivity contribution in [2.75, 3.05) is 19.8 Å². The van der Waals surface area contributed by atoms with Crippen molar-refractivity contribution in [2.24, 2.45) is 5.92 Å². The molecule has 4 rings (SSSR count). The second kappa shape index (κ2) is 7.99. The lowest BCUT2D eigenvalue weighted by molar-refractivity contribution is -0.136. The maximum absolute atomic E-state index is 12.9. The van der Waals surface area contributed by atoms with Gasteiger partial charge >= 0.3 is 5.97 Å². The summed E-state index contributed by atoms with van der Waals surface area (Å²) in [6.45, 7) is 3.50. The molecule has 0 unspecified atom stereocenters. The zero-order chi connectivity index (χ0) is 19.7. The van der Waals surface area contributed by atoms with Gasteiger partial charge in [0, 0.05) is 13.2 Å². The van der Waals surface area contributed by atoms with Crippen LogP contribution in [0.25, 0.3) is 5.57 Å². The molecular formula is C22H28O5S. The van der Waals surface area contributed by atoms with Gasteiger partial charge < -0.3 is 9.47 Å². The highest BCUT2D eigenvalue weighted by Gasteiger charge is 2.40. The number of hydrogen-bond acceptors (Lipinski definition) is 5. The molecule has 3 aliphatic rings. The first kappa shape index (κ1) is 19.6. The highest BCUT2D eigenvalue weighted by molar-refractivity contribution is 7.92. The van der Waals surface area contributed by atoms with Gasteiger partial charge in [-0.25, -0.2) is 13.2 Å². The summed E-state index contributed by atoms with van der Waals surface area (Å²) in [5, 5.41) is -0.224. The van der Waals surface area contributed by atoms with Gasteiger partial charge in [-0.05, 0) is 80.5 Å². The van der Waals surface area contributed by atoms with Gasteiger partial charge in [-0.2, -0.15) is 0 Å². The summed E-state index contributed by atoms with van der Waals surface area (Å²) in [6, 6.07) is 5.42. The van der Waals surface area contributed by atoms with Crippen molar-refractivity contribution in [1.82, 2.24) is 0 Å². The van der Waals surface area contributed by atoms with Gasteiger partial charge in [0.1, 0.15) is 0 Å². The zero-order valence-electron chi connectivity index (χ0n) is 16.4. The van der Waals surface area contributed by atoms with Crippen LogP contribution in [0, 0.1) is 5.92 Å². The molecule has 6 heteroatoms. The summed E-state index contributed by atoms with van der Waals surface area (Å²) in [4.78, 5) is 13.1. The second-order valence-electron chi connectivity index (χ2n) is 8.02. The molecule has 2 saturated carbocycles. The van der Waals surface area contributed by atoms with Gasteiger partial charge in [0.2, 0.25) is 0 Å². The van der Waals surface area contributed by atoms with E-state index in [1.54, 1.807) is 19.1 Å². The number of carbonyl (C=O) groups excluding carboxylic acids is 1. The van der Waals surface area contributed by atoms with E-state index in [1.807, 2.05) is 12.1 Å². The second-order valence-corrected chi connectivity index (χ2v) is 10.2. The summed E-state index contributed by atoms with van der Waals surface area (Å²) < 4.78 is 36.5. The van der Waals surface area contributed by atoms with Gasteiger partial charge in [0.05, 0.1) is 22.3 Å². The van der Waals surface area contributed by atoms with Crippen LogP contribution in [0.3, 0.4) is 0 Å². The molecule has 1 aromatic carbocycles. The number of rotatable bonds is 7. The van der Waals surface area contributed by atoms with Crippen LogP contribution in [0.1, 0.15) is 62.5 Å². The molecule has 0 amide bonds. The molecule has 0 radical (unpaired) electrons. The Labute approximate surface area is 167 Å². The predicted molar refractivity (Wildman–Crippen MR) is 107 cm³/mol. The average Bonchev–Trinajstić information content (AvgIpc) is 3.58. The Hall–Kier alpha value is -1.66. The number of benzene rings is 1. The number of ether oxygens (including phenoxy) is 2. The molecule has 5 nitrogen and oxygen atoms in total. The van der Waals surface area contributed by atoms with Gasteiger partial charge in [0.15, 0.2) is 9.84 Å². The lowest BCUT2D eigenvalue weighted by Gasteiger charge is -2.20.